The molecular formula is C23H20ClN3O3. The lowest BCUT2D eigenvalue weighted by atomic mass is 10.2. The Labute approximate surface area is 179 Å². The minimum Gasteiger partial charge on any atom is -0.455 e. The molecule has 152 valence electrons. The number of hydrogen-bond donors (Lipinski definition) is 1. The van der Waals surface area contributed by atoms with E-state index in [4.69, 9.17) is 16.3 Å². The maximum absolute atomic E-state index is 12.7. The molecule has 30 heavy (non-hydrogen) atoms. The molecule has 7 heteroatoms. The summed E-state index contributed by atoms with van der Waals surface area (Å²) in [6.45, 7) is 0.946. The van der Waals surface area contributed by atoms with Gasteiger partial charge in [0.25, 0.3) is 0 Å². The maximum atomic E-state index is 12.7. The van der Waals surface area contributed by atoms with Crippen molar-refractivity contribution in [2.24, 2.45) is 0 Å². The molecule has 3 aromatic carbocycles. The molecule has 0 saturated carbocycles. The molecule has 6 nitrogen and oxygen atoms in total. The molecule has 0 bridgehead atoms. The molecule has 1 fully saturated rings. The number of rotatable bonds is 6. The summed E-state index contributed by atoms with van der Waals surface area (Å²) in [6, 6.07) is 23.4. The summed E-state index contributed by atoms with van der Waals surface area (Å²) < 4.78 is 5.87. The van der Waals surface area contributed by atoms with Crippen LogP contribution >= 0.6 is 11.6 Å². The van der Waals surface area contributed by atoms with Crippen LogP contribution in [0.25, 0.3) is 0 Å². The molecule has 1 N–H and O–H groups in total. The van der Waals surface area contributed by atoms with E-state index in [1.165, 1.54) is 4.90 Å². The van der Waals surface area contributed by atoms with Gasteiger partial charge in [0, 0.05) is 23.8 Å². The third-order valence-corrected chi connectivity index (χ3v) is 4.95. The highest BCUT2D eigenvalue weighted by Crippen LogP contribution is 2.29. The zero-order valence-corrected chi connectivity index (χ0v) is 16.9. The predicted octanol–water partition coefficient (Wildman–Crippen LogP) is 5.01. The summed E-state index contributed by atoms with van der Waals surface area (Å²) in [5.41, 5.74) is 1.31. The molecule has 0 spiro atoms. The zero-order valence-electron chi connectivity index (χ0n) is 16.1. The van der Waals surface area contributed by atoms with E-state index in [-0.39, 0.29) is 18.5 Å². The molecule has 0 aromatic heterocycles. The van der Waals surface area contributed by atoms with Crippen LogP contribution in [0.4, 0.5) is 16.2 Å². The lowest BCUT2D eigenvalue weighted by Gasteiger charge is -2.19. The average Bonchev–Trinajstić information content (AvgIpc) is 3.11. The number of ether oxygens (including phenoxy) is 1. The van der Waals surface area contributed by atoms with Crippen LogP contribution in [0.3, 0.4) is 0 Å². The van der Waals surface area contributed by atoms with Crippen LogP contribution in [0, 0.1) is 0 Å². The number of amides is 3. The van der Waals surface area contributed by atoms with Crippen molar-refractivity contribution in [1.82, 2.24) is 4.90 Å². The maximum Gasteiger partial charge on any atom is 0.325 e. The van der Waals surface area contributed by atoms with Gasteiger partial charge in [0.1, 0.15) is 12.3 Å². The topological polar surface area (TPSA) is 61.9 Å². The Morgan fingerprint density at radius 2 is 1.63 bits per heavy atom. The van der Waals surface area contributed by atoms with E-state index in [9.17, 15) is 9.59 Å². The van der Waals surface area contributed by atoms with Crippen LogP contribution in [0.15, 0.2) is 78.9 Å². The highest BCUT2D eigenvalue weighted by molar-refractivity contribution is 6.30. The fourth-order valence-electron chi connectivity index (χ4n) is 3.23. The number of carbonyl (C=O) groups is 2. The van der Waals surface area contributed by atoms with Crippen molar-refractivity contribution in [3.63, 3.8) is 0 Å². The van der Waals surface area contributed by atoms with Crippen molar-refractivity contribution in [2.45, 2.75) is 0 Å². The van der Waals surface area contributed by atoms with E-state index in [1.807, 2.05) is 42.5 Å². The van der Waals surface area contributed by atoms with Gasteiger partial charge in [0.15, 0.2) is 5.75 Å². The Hall–Kier alpha value is -3.51. The number of anilines is 2. The second kappa shape index (κ2) is 8.88. The van der Waals surface area contributed by atoms with Gasteiger partial charge >= 0.3 is 6.03 Å². The Morgan fingerprint density at radius 3 is 2.40 bits per heavy atom. The second-order valence-corrected chi connectivity index (χ2v) is 7.23. The minimum absolute atomic E-state index is 0.0391. The fourth-order valence-corrected chi connectivity index (χ4v) is 3.35. The first-order valence-electron chi connectivity index (χ1n) is 9.54. The molecule has 1 heterocycles. The lowest BCUT2D eigenvalue weighted by molar-refractivity contribution is -0.116. The molecule has 0 aliphatic carbocycles. The molecule has 0 unspecified atom stereocenters. The first-order chi connectivity index (χ1) is 14.6. The largest absolute Gasteiger partial charge is 0.455 e. The third kappa shape index (κ3) is 4.55. The zero-order chi connectivity index (χ0) is 20.9. The van der Waals surface area contributed by atoms with Crippen LogP contribution in [-0.4, -0.2) is 36.5 Å². The number of para-hydroxylation sites is 3. The van der Waals surface area contributed by atoms with Gasteiger partial charge in [-0.25, -0.2) is 4.79 Å². The summed E-state index contributed by atoms with van der Waals surface area (Å²) in [7, 11) is 0. The normalized spacial score (nSPS) is 13.4. The van der Waals surface area contributed by atoms with Gasteiger partial charge in [-0.05, 0) is 48.5 Å². The van der Waals surface area contributed by atoms with E-state index < -0.39 is 0 Å². The van der Waals surface area contributed by atoms with E-state index in [0.29, 0.717) is 35.3 Å². The van der Waals surface area contributed by atoms with Crippen LogP contribution in [0.1, 0.15) is 0 Å². The van der Waals surface area contributed by atoms with Crippen LogP contribution in [0.5, 0.6) is 11.5 Å². The van der Waals surface area contributed by atoms with Crippen molar-refractivity contribution in [3.05, 3.63) is 83.9 Å². The molecule has 3 aromatic rings. The van der Waals surface area contributed by atoms with Crippen molar-refractivity contribution in [3.8, 4) is 11.5 Å². The molecule has 1 saturated heterocycles. The van der Waals surface area contributed by atoms with E-state index >= 15 is 0 Å². The monoisotopic (exact) mass is 421 g/mol. The lowest BCUT2D eigenvalue weighted by Crippen LogP contribution is -2.37. The van der Waals surface area contributed by atoms with Crippen molar-refractivity contribution >= 4 is 34.9 Å². The average molecular weight is 422 g/mol. The molecule has 1 aliphatic heterocycles. The number of halogens is 1. The SMILES string of the molecule is O=C(CN1CCN(c2ccc(Cl)cc2)C1=O)Nc1ccccc1Oc1ccccc1. The van der Waals surface area contributed by atoms with Gasteiger partial charge in [-0.2, -0.15) is 0 Å². The molecule has 0 radical (unpaired) electrons. The second-order valence-electron chi connectivity index (χ2n) is 6.79. The number of hydrogen-bond acceptors (Lipinski definition) is 3. The van der Waals surface area contributed by atoms with Crippen molar-refractivity contribution in [2.75, 3.05) is 29.9 Å². The number of nitrogens with zero attached hydrogens (tertiary/aromatic N) is 2. The number of carbonyl (C=O) groups excluding carboxylic acids is 2. The first-order valence-corrected chi connectivity index (χ1v) is 9.92. The molecule has 0 atom stereocenters. The minimum atomic E-state index is -0.287. The fraction of sp³-hybridized carbons (Fsp3) is 0.130. The molecular weight excluding hydrogens is 402 g/mol. The van der Waals surface area contributed by atoms with E-state index in [1.54, 1.807) is 41.3 Å². The van der Waals surface area contributed by atoms with Crippen LogP contribution in [0.2, 0.25) is 5.02 Å². The summed E-state index contributed by atoms with van der Waals surface area (Å²) in [4.78, 5) is 28.5. The summed E-state index contributed by atoms with van der Waals surface area (Å²) in [5, 5.41) is 3.46. The highest BCUT2D eigenvalue weighted by Gasteiger charge is 2.30. The molecule has 4 rings (SSSR count). The predicted molar refractivity (Wildman–Crippen MR) is 117 cm³/mol. The highest BCUT2D eigenvalue weighted by atomic mass is 35.5. The molecule has 1 aliphatic rings. The van der Waals surface area contributed by atoms with Gasteiger partial charge in [-0.3, -0.25) is 9.69 Å². The van der Waals surface area contributed by atoms with Gasteiger partial charge in [0.2, 0.25) is 5.91 Å². The number of urea groups is 1. The quantitative estimate of drug-likeness (QED) is 0.608. The van der Waals surface area contributed by atoms with E-state index in [0.717, 1.165) is 5.69 Å². The van der Waals surface area contributed by atoms with E-state index in [2.05, 4.69) is 5.32 Å². The Morgan fingerprint density at radius 1 is 0.933 bits per heavy atom. The van der Waals surface area contributed by atoms with Gasteiger partial charge < -0.3 is 15.0 Å². The third-order valence-electron chi connectivity index (χ3n) is 4.70. The van der Waals surface area contributed by atoms with Gasteiger partial charge in [-0.1, -0.05) is 41.9 Å². The number of benzene rings is 3. The summed E-state index contributed by atoms with van der Waals surface area (Å²) in [5.74, 6) is 0.922. The Bertz CT molecular complexity index is 1040. The van der Waals surface area contributed by atoms with Crippen molar-refractivity contribution < 1.29 is 14.3 Å². The summed E-state index contributed by atoms with van der Waals surface area (Å²) >= 11 is 5.92. The van der Waals surface area contributed by atoms with Crippen LogP contribution in [-0.2, 0) is 4.79 Å². The first kappa shape index (κ1) is 19.8. The standard InChI is InChI=1S/C23H20ClN3O3/c24-17-10-12-18(13-11-17)27-15-14-26(23(27)29)16-22(28)25-20-8-4-5-9-21(20)30-19-6-2-1-3-7-19/h1-13H,14-16H2,(H,25,28). The molecule has 3 amide bonds. The Kier molecular flexibility index (Phi) is 5.86. The Balaban J connectivity index is 1.40. The van der Waals surface area contributed by atoms with Gasteiger partial charge in [0.05, 0.1) is 5.69 Å². The number of nitrogens with one attached hydrogen (secondary N) is 1. The van der Waals surface area contributed by atoms with Crippen molar-refractivity contribution in [1.29, 1.82) is 0 Å². The smallest absolute Gasteiger partial charge is 0.325 e. The van der Waals surface area contributed by atoms with Crippen LogP contribution < -0.4 is 15.0 Å². The van der Waals surface area contributed by atoms with Gasteiger partial charge in [-0.15, -0.1) is 0 Å². The summed E-state index contributed by atoms with van der Waals surface area (Å²) in [6.07, 6.45) is 0.